The van der Waals surface area contributed by atoms with Crippen LogP contribution in [0.4, 0.5) is 10.1 Å². The summed E-state index contributed by atoms with van der Waals surface area (Å²) >= 11 is 1.24. The second-order valence-electron chi connectivity index (χ2n) is 3.87. The Morgan fingerprint density at radius 1 is 1.47 bits per heavy atom. The number of hydrogen-bond acceptors (Lipinski definition) is 6. The van der Waals surface area contributed by atoms with E-state index in [9.17, 15) is 14.5 Å². The standard InChI is InChI=1S/C11H11FN4O2S/c1-6(13-2)10-14-15-11(19-10)8-4-3-7(12)5-9(8)16(17)18/h3-6,13H,1-2H3. The molecule has 1 aromatic heterocycles. The van der Waals surface area contributed by atoms with E-state index < -0.39 is 10.7 Å². The van der Waals surface area contributed by atoms with Gasteiger partial charge in [0.2, 0.25) is 0 Å². The Labute approximate surface area is 112 Å². The predicted octanol–water partition coefficient (Wildman–Crippen LogP) is 2.53. The van der Waals surface area contributed by atoms with Gasteiger partial charge in [0.05, 0.1) is 22.6 Å². The molecular weight excluding hydrogens is 271 g/mol. The number of nitrogens with zero attached hydrogens (tertiary/aromatic N) is 3. The highest BCUT2D eigenvalue weighted by atomic mass is 32.1. The van der Waals surface area contributed by atoms with E-state index in [0.717, 1.165) is 11.1 Å². The normalized spacial score (nSPS) is 12.4. The average molecular weight is 282 g/mol. The van der Waals surface area contributed by atoms with Crippen LogP contribution in [0.1, 0.15) is 18.0 Å². The first-order chi connectivity index (χ1) is 9.02. The van der Waals surface area contributed by atoms with E-state index >= 15 is 0 Å². The maximum atomic E-state index is 13.1. The zero-order valence-electron chi connectivity index (χ0n) is 10.3. The van der Waals surface area contributed by atoms with E-state index in [1.807, 2.05) is 6.92 Å². The zero-order valence-corrected chi connectivity index (χ0v) is 11.1. The van der Waals surface area contributed by atoms with Crippen LogP contribution < -0.4 is 5.32 Å². The van der Waals surface area contributed by atoms with Crippen molar-refractivity contribution in [2.75, 3.05) is 7.05 Å². The third-order valence-corrected chi connectivity index (χ3v) is 3.77. The molecule has 0 amide bonds. The van der Waals surface area contributed by atoms with Crippen LogP contribution in [-0.2, 0) is 0 Å². The molecule has 0 aliphatic carbocycles. The second kappa shape index (κ2) is 5.37. The Bertz CT molecular complexity index is 616. The molecule has 0 spiro atoms. The molecule has 1 aromatic carbocycles. The molecule has 0 saturated heterocycles. The third kappa shape index (κ3) is 2.74. The van der Waals surface area contributed by atoms with Gasteiger partial charge in [0, 0.05) is 0 Å². The van der Waals surface area contributed by atoms with Gasteiger partial charge in [-0.25, -0.2) is 4.39 Å². The van der Waals surface area contributed by atoms with Crippen molar-refractivity contribution < 1.29 is 9.31 Å². The Kier molecular flexibility index (Phi) is 3.82. The lowest BCUT2D eigenvalue weighted by molar-refractivity contribution is -0.384. The largest absolute Gasteiger partial charge is 0.311 e. The van der Waals surface area contributed by atoms with Crippen molar-refractivity contribution in [3.05, 3.63) is 39.1 Å². The fourth-order valence-electron chi connectivity index (χ4n) is 1.48. The van der Waals surface area contributed by atoms with Crippen LogP contribution >= 0.6 is 11.3 Å². The van der Waals surface area contributed by atoms with Crippen LogP contribution in [0, 0.1) is 15.9 Å². The summed E-state index contributed by atoms with van der Waals surface area (Å²) in [5.74, 6) is -0.649. The highest BCUT2D eigenvalue weighted by molar-refractivity contribution is 7.14. The van der Waals surface area contributed by atoms with Crippen LogP contribution in [0.15, 0.2) is 18.2 Å². The van der Waals surface area contributed by atoms with Gasteiger partial charge in [-0.1, -0.05) is 11.3 Å². The number of nitro benzene ring substituents is 1. The molecule has 100 valence electrons. The van der Waals surface area contributed by atoms with E-state index in [1.165, 1.54) is 23.5 Å². The Morgan fingerprint density at radius 2 is 2.21 bits per heavy atom. The minimum absolute atomic E-state index is 0.00533. The number of hydrogen-bond donors (Lipinski definition) is 1. The van der Waals surface area contributed by atoms with Gasteiger partial charge in [0.1, 0.15) is 10.8 Å². The smallest absolute Gasteiger partial charge is 0.282 e. The number of nitro groups is 1. The first-order valence-corrected chi connectivity index (χ1v) is 6.29. The summed E-state index contributed by atoms with van der Waals surface area (Å²) < 4.78 is 13.1. The summed E-state index contributed by atoms with van der Waals surface area (Å²) in [7, 11) is 1.78. The number of rotatable bonds is 4. The molecule has 0 saturated carbocycles. The van der Waals surface area contributed by atoms with Gasteiger partial charge in [0.25, 0.3) is 5.69 Å². The molecule has 0 aliphatic heterocycles. The minimum Gasteiger partial charge on any atom is -0.311 e. The van der Waals surface area contributed by atoms with Gasteiger partial charge < -0.3 is 5.32 Å². The van der Waals surface area contributed by atoms with Gasteiger partial charge in [-0.3, -0.25) is 10.1 Å². The lowest BCUT2D eigenvalue weighted by Gasteiger charge is -2.03. The number of halogens is 1. The molecule has 1 atom stereocenters. The Hall–Kier alpha value is -1.93. The molecule has 2 aromatic rings. The molecule has 1 N–H and O–H groups in total. The van der Waals surface area contributed by atoms with Gasteiger partial charge in [0.15, 0.2) is 5.01 Å². The van der Waals surface area contributed by atoms with Gasteiger partial charge in [-0.2, -0.15) is 0 Å². The van der Waals surface area contributed by atoms with Crippen molar-refractivity contribution in [2.24, 2.45) is 0 Å². The average Bonchev–Trinajstić information content (AvgIpc) is 2.87. The van der Waals surface area contributed by atoms with Crippen LogP contribution in [0.25, 0.3) is 10.6 Å². The summed E-state index contributed by atoms with van der Waals surface area (Å²) in [5.41, 5.74) is -0.0294. The summed E-state index contributed by atoms with van der Waals surface area (Å²) in [6, 6.07) is 3.41. The van der Waals surface area contributed by atoms with E-state index in [1.54, 1.807) is 7.05 Å². The molecule has 0 radical (unpaired) electrons. The predicted molar refractivity (Wildman–Crippen MR) is 69.4 cm³/mol. The lowest BCUT2D eigenvalue weighted by atomic mass is 10.2. The van der Waals surface area contributed by atoms with Gasteiger partial charge >= 0.3 is 0 Å². The first kappa shape index (κ1) is 13.5. The van der Waals surface area contributed by atoms with E-state index in [4.69, 9.17) is 0 Å². The first-order valence-electron chi connectivity index (χ1n) is 5.48. The van der Waals surface area contributed by atoms with Crippen molar-refractivity contribution in [2.45, 2.75) is 13.0 Å². The highest BCUT2D eigenvalue weighted by Crippen LogP contribution is 2.33. The zero-order chi connectivity index (χ0) is 14.0. The topological polar surface area (TPSA) is 81.0 Å². The molecular formula is C11H11FN4O2S. The van der Waals surface area contributed by atoms with Gasteiger partial charge in [-0.05, 0) is 26.1 Å². The van der Waals surface area contributed by atoms with E-state index in [0.29, 0.717) is 5.01 Å². The number of aromatic nitrogens is 2. The fourth-order valence-corrected chi connectivity index (χ4v) is 2.42. The summed E-state index contributed by atoms with van der Waals surface area (Å²) in [6.07, 6.45) is 0. The van der Waals surface area contributed by atoms with Crippen LogP contribution in [0.5, 0.6) is 0 Å². The fraction of sp³-hybridized carbons (Fsp3) is 0.273. The summed E-state index contributed by atoms with van der Waals surface area (Å²) in [4.78, 5) is 10.3. The lowest BCUT2D eigenvalue weighted by Crippen LogP contribution is -2.11. The summed E-state index contributed by atoms with van der Waals surface area (Å²) in [5, 5.41) is 23.0. The maximum absolute atomic E-state index is 13.1. The summed E-state index contributed by atoms with van der Waals surface area (Å²) in [6.45, 7) is 1.91. The van der Waals surface area contributed by atoms with E-state index in [2.05, 4.69) is 15.5 Å². The molecule has 0 bridgehead atoms. The number of benzene rings is 1. The molecule has 2 rings (SSSR count). The van der Waals surface area contributed by atoms with E-state index in [-0.39, 0.29) is 17.3 Å². The maximum Gasteiger partial charge on any atom is 0.282 e. The molecule has 0 aliphatic rings. The SMILES string of the molecule is CNC(C)c1nnc(-c2ccc(F)cc2[N+](=O)[O-])s1. The van der Waals surface area contributed by atoms with Gasteiger partial charge in [-0.15, -0.1) is 10.2 Å². The van der Waals surface area contributed by atoms with Crippen LogP contribution in [0.2, 0.25) is 0 Å². The minimum atomic E-state index is -0.649. The second-order valence-corrected chi connectivity index (χ2v) is 4.88. The Morgan fingerprint density at radius 3 is 2.84 bits per heavy atom. The molecule has 19 heavy (non-hydrogen) atoms. The van der Waals surface area contributed by atoms with Crippen molar-refractivity contribution in [1.82, 2.24) is 15.5 Å². The van der Waals surface area contributed by atoms with Crippen molar-refractivity contribution >= 4 is 17.0 Å². The van der Waals surface area contributed by atoms with Crippen molar-refractivity contribution in [1.29, 1.82) is 0 Å². The molecule has 6 nitrogen and oxygen atoms in total. The van der Waals surface area contributed by atoms with Crippen LogP contribution in [0.3, 0.4) is 0 Å². The molecule has 8 heteroatoms. The number of nitrogens with one attached hydrogen (secondary N) is 1. The molecule has 1 unspecified atom stereocenters. The molecule has 1 heterocycles. The highest BCUT2D eigenvalue weighted by Gasteiger charge is 2.20. The third-order valence-electron chi connectivity index (χ3n) is 2.63. The Balaban J connectivity index is 2.47. The van der Waals surface area contributed by atoms with Crippen LogP contribution in [-0.4, -0.2) is 22.2 Å². The quantitative estimate of drug-likeness (QED) is 0.688. The van der Waals surface area contributed by atoms with Crippen molar-refractivity contribution in [3.8, 4) is 10.6 Å². The monoisotopic (exact) mass is 282 g/mol. The molecule has 0 fully saturated rings. The van der Waals surface area contributed by atoms with Crippen molar-refractivity contribution in [3.63, 3.8) is 0 Å².